The van der Waals surface area contributed by atoms with E-state index in [1.54, 1.807) is 25.4 Å². The summed E-state index contributed by atoms with van der Waals surface area (Å²) in [5, 5.41) is 3.44. The van der Waals surface area contributed by atoms with Gasteiger partial charge in [-0.2, -0.15) is 0 Å². The maximum atomic E-state index is 11.2. The van der Waals surface area contributed by atoms with Crippen LogP contribution in [0.15, 0.2) is 30.5 Å². The highest BCUT2D eigenvalue weighted by atomic mass is 16.5. The van der Waals surface area contributed by atoms with Gasteiger partial charge in [-0.05, 0) is 18.2 Å². The van der Waals surface area contributed by atoms with Crippen LogP contribution in [0.2, 0.25) is 0 Å². The number of carbonyl (C=O) groups excluding carboxylic acids is 1. The van der Waals surface area contributed by atoms with Crippen LogP contribution in [-0.2, 0) is 4.74 Å². The van der Waals surface area contributed by atoms with Gasteiger partial charge >= 0.3 is 6.09 Å². The van der Waals surface area contributed by atoms with E-state index in [-0.39, 0.29) is 0 Å². The van der Waals surface area contributed by atoms with Crippen LogP contribution in [0.3, 0.4) is 0 Å². The number of hydrogen-bond donors (Lipinski definition) is 1. The van der Waals surface area contributed by atoms with Gasteiger partial charge in [-0.15, -0.1) is 0 Å². The van der Waals surface area contributed by atoms with Crippen molar-refractivity contribution in [3.8, 4) is 5.75 Å². The van der Waals surface area contributed by atoms with Crippen LogP contribution in [0, 0.1) is 0 Å². The highest BCUT2D eigenvalue weighted by molar-refractivity contribution is 5.99. The largest absolute Gasteiger partial charge is 0.496 e. The fourth-order valence-electron chi connectivity index (χ4n) is 1.59. The summed E-state index contributed by atoms with van der Waals surface area (Å²) < 4.78 is 9.78. The molecule has 5 nitrogen and oxygen atoms in total. The van der Waals surface area contributed by atoms with E-state index >= 15 is 0 Å². The molecule has 0 aliphatic heterocycles. The topological polar surface area (TPSA) is 60.5 Å². The molecular weight excluding hydrogens is 220 g/mol. The summed E-state index contributed by atoms with van der Waals surface area (Å²) in [6, 6.07) is 7.22. The molecule has 1 heterocycles. The average molecular weight is 232 g/mol. The van der Waals surface area contributed by atoms with Crippen molar-refractivity contribution in [2.24, 2.45) is 0 Å². The van der Waals surface area contributed by atoms with Crippen molar-refractivity contribution < 1.29 is 14.3 Å². The first-order chi connectivity index (χ1) is 8.26. The second kappa shape index (κ2) is 4.69. The number of aromatic nitrogens is 1. The molecule has 1 aromatic carbocycles. The third-order valence-corrected chi connectivity index (χ3v) is 2.37. The molecule has 17 heavy (non-hydrogen) atoms. The zero-order chi connectivity index (χ0) is 12.3. The van der Waals surface area contributed by atoms with Gasteiger partial charge in [0.25, 0.3) is 0 Å². The lowest BCUT2D eigenvalue weighted by atomic mass is 10.2. The summed E-state index contributed by atoms with van der Waals surface area (Å²) in [6.07, 6.45) is 1.10. The van der Waals surface area contributed by atoms with E-state index in [0.29, 0.717) is 17.0 Å². The van der Waals surface area contributed by atoms with Crippen LogP contribution < -0.4 is 10.1 Å². The molecule has 0 bridgehead atoms. The molecule has 0 saturated heterocycles. The smallest absolute Gasteiger partial charge is 0.411 e. The quantitative estimate of drug-likeness (QED) is 0.863. The predicted octanol–water partition coefficient (Wildman–Crippen LogP) is 2.42. The number of hydrogen-bond acceptors (Lipinski definition) is 4. The minimum atomic E-state index is -0.526. The zero-order valence-corrected chi connectivity index (χ0v) is 9.56. The second-order valence-corrected chi connectivity index (χ2v) is 3.33. The molecule has 0 fully saturated rings. The van der Waals surface area contributed by atoms with Gasteiger partial charge in [0, 0.05) is 11.6 Å². The van der Waals surface area contributed by atoms with Gasteiger partial charge in [-0.3, -0.25) is 10.3 Å². The number of fused-ring (bicyclic) bond motifs is 1. The zero-order valence-electron chi connectivity index (χ0n) is 9.56. The number of nitrogens with one attached hydrogen (secondary N) is 1. The molecule has 0 spiro atoms. The Hall–Kier alpha value is -2.30. The number of carbonyl (C=O) groups is 1. The van der Waals surface area contributed by atoms with E-state index in [9.17, 15) is 4.79 Å². The predicted molar refractivity (Wildman–Crippen MR) is 64.3 cm³/mol. The van der Waals surface area contributed by atoms with E-state index in [2.05, 4.69) is 15.0 Å². The molecule has 5 heteroatoms. The summed E-state index contributed by atoms with van der Waals surface area (Å²) in [5.74, 6) is 0.712. The van der Waals surface area contributed by atoms with Crippen molar-refractivity contribution in [3.63, 3.8) is 0 Å². The van der Waals surface area contributed by atoms with Gasteiger partial charge < -0.3 is 9.47 Å². The molecule has 1 aromatic heterocycles. The standard InChI is InChI=1S/C12H12N2O3/c1-16-10-6-7-13-11-8(10)4-3-5-9(11)14-12(15)17-2/h3-7H,1-2H3,(H,14,15). The third-order valence-electron chi connectivity index (χ3n) is 2.37. The summed E-state index contributed by atoms with van der Waals surface area (Å²) in [7, 11) is 2.91. The molecule has 88 valence electrons. The number of benzene rings is 1. The first kappa shape index (κ1) is 11.2. The number of rotatable bonds is 2. The minimum absolute atomic E-state index is 0.526. The van der Waals surface area contributed by atoms with Crippen LogP contribution in [0.5, 0.6) is 5.75 Å². The van der Waals surface area contributed by atoms with Crippen LogP contribution >= 0.6 is 0 Å². The fraction of sp³-hybridized carbons (Fsp3) is 0.167. The van der Waals surface area contributed by atoms with Crippen LogP contribution in [0.4, 0.5) is 10.5 Å². The summed E-state index contributed by atoms with van der Waals surface area (Å²) in [4.78, 5) is 15.4. The molecular formula is C12H12N2O3. The highest BCUT2D eigenvalue weighted by Gasteiger charge is 2.08. The first-order valence-electron chi connectivity index (χ1n) is 5.03. The lowest BCUT2D eigenvalue weighted by molar-refractivity contribution is 0.187. The maximum absolute atomic E-state index is 11.2. The molecule has 2 aromatic rings. The molecule has 0 atom stereocenters. The molecule has 2 rings (SSSR count). The van der Waals surface area contributed by atoms with Gasteiger partial charge in [0.15, 0.2) is 0 Å². The van der Waals surface area contributed by atoms with E-state index in [1.807, 2.05) is 12.1 Å². The number of methoxy groups -OCH3 is 2. The molecule has 1 N–H and O–H groups in total. The number of pyridine rings is 1. The van der Waals surface area contributed by atoms with E-state index in [4.69, 9.17) is 4.74 Å². The Morgan fingerprint density at radius 2 is 2.12 bits per heavy atom. The monoisotopic (exact) mass is 232 g/mol. The van der Waals surface area contributed by atoms with Crippen LogP contribution in [0.1, 0.15) is 0 Å². The van der Waals surface area contributed by atoms with Crippen molar-refractivity contribution >= 4 is 22.7 Å². The number of amides is 1. The number of anilines is 1. The second-order valence-electron chi connectivity index (χ2n) is 3.33. The maximum Gasteiger partial charge on any atom is 0.411 e. The van der Waals surface area contributed by atoms with Crippen molar-refractivity contribution in [3.05, 3.63) is 30.5 Å². The minimum Gasteiger partial charge on any atom is -0.496 e. The fourth-order valence-corrected chi connectivity index (χ4v) is 1.59. The van der Waals surface area contributed by atoms with E-state index in [1.165, 1.54) is 7.11 Å². The Bertz CT molecular complexity index is 554. The van der Waals surface area contributed by atoms with Gasteiger partial charge in [0.1, 0.15) is 5.75 Å². The number of nitrogens with zero attached hydrogens (tertiary/aromatic N) is 1. The molecule has 1 amide bonds. The van der Waals surface area contributed by atoms with Crippen molar-refractivity contribution in [2.45, 2.75) is 0 Å². The van der Waals surface area contributed by atoms with Crippen molar-refractivity contribution in [1.82, 2.24) is 4.98 Å². The van der Waals surface area contributed by atoms with Gasteiger partial charge in [-0.1, -0.05) is 6.07 Å². The third kappa shape index (κ3) is 2.13. The van der Waals surface area contributed by atoms with Crippen molar-refractivity contribution in [2.75, 3.05) is 19.5 Å². The lowest BCUT2D eigenvalue weighted by Crippen LogP contribution is -2.11. The summed E-state index contributed by atoms with van der Waals surface area (Å²) in [5.41, 5.74) is 1.26. The first-order valence-corrected chi connectivity index (χ1v) is 5.03. The van der Waals surface area contributed by atoms with Crippen LogP contribution in [0.25, 0.3) is 10.9 Å². The molecule has 0 unspecified atom stereocenters. The van der Waals surface area contributed by atoms with Gasteiger partial charge in [0.05, 0.1) is 25.4 Å². The van der Waals surface area contributed by atoms with Crippen LogP contribution in [-0.4, -0.2) is 25.3 Å². The highest BCUT2D eigenvalue weighted by Crippen LogP contribution is 2.28. The van der Waals surface area contributed by atoms with Crippen molar-refractivity contribution in [1.29, 1.82) is 0 Å². The number of para-hydroxylation sites is 1. The molecule has 0 radical (unpaired) electrons. The Morgan fingerprint density at radius 3 is 2.82 bits per heavy atom. The molecule has 0 saturated carbocycles. The molecule has 0 aliphatic rings. The summed E-state index contributed by atoms with van der Waals surface area (Å²) in [6.45, 7) is 0. The van der Waals surface area contributed by atoms with Gasteiger partial charge in [-0.25, -0.2) is 4.79 Å². The van der Waals surface area contributed by atoms with E-state index in [0.717, 1.165) is 5.39 Å². The summed E-state index contributed by atoms with van der Waals surface area (Å²) >= 11 is 0. The van der Waals surface area contributed by atoms with Gasteiger partial charge in [0.2, 0.25) is 0 Å². The Kier molecular flexibility index (Phi) is 3.09. The Balaban J connectivity index is 2.54. The van der Waals surface area contributed by atoms with E-state index < -0.39 is 6.09 Å². The molecule has 0 aliphatic carbocycles. The Morgan fingerprint density at radius 1 is 1.29 bits per heavy atom. The SMILES string of the molecule is COC(=O)Nc1cccc2c(OC)ccnc12. The Labute approximate surface area is 98.4 Å². The number of ether oxygens (including phenoxy) is 2. The lowest BCUT2D eigenvalue weighted by Gasteiger charge is -2.09. The average Bonchev–Trinajstić information content (AvgIpc) is 2.38. The normalized spacial score (nSPS) is 10.0.